The second-order valence-electron chi connectivity index (χ2n) is 4.97. The van der Waals surface area contributed by atoms with Gasteiger partial charge in [0.1, 0.15) is 5.75 Å². The van der Waals surface area contributed by atoms with E-state index in [1.165, 1.54) is 24.3 Å². The molecule has 3 aromatic rings. The Labute approximate surface area is 136 Å². The van der Waals surface area contributed by atoms with Crippen LogP contribution in [0.4, 0.5) is 22.0 Å². The number of halogens is 5. The van der Waals surface area contributed by atoms with Crippen LogP contribution in [-0.2, 0) is 0 Å². The fraction of sp³-hybridized carbons (Fsp3) is 0.125. The Balaban J connectivity index is 2.01. The molecule has 1 aromatic heterocycles. The first-order valence-corrected chi connectivity index (χ1v) is 6.81. The molecule has 0 N–H and O–H groups in total. The fourth-order valence-corrected chi connectivity index (χ4v) is 2.04. The topological polar surface area (TPSA) is 52.3 Å². The molecule has 0 aliphatic heterocycles. The summed E-state index contributed by atoms with van der Waals surface area (Å²) in [5.74, 6) is -0.984. The number of fused-ring (bicyclic) bond motifs is 1. The minimum atomic E-state index is -5.86. The lowest BCUT2D eigenvalue weighted by Gasteiger charge is -2.20. The van der Waals surface area contributed by atoms with Crippen molar-refractivity contribution >= 4 is 10.9 Å². The molecule has 4 nitrogen and oxygen atoms in total. The van der Waals surface area contributed by atoms with Crippen LogP contribution in [0.1, 0.15) is 0 Å². The molecule has 130 valence electrons. The van der Waals surface area contributed by atoms with E-state index in [4.69, 9.17) is 4.42 Å². The number of hydrogen-bond acceptors (Lipinski definition) is 4. The van der Waals surface area contributed by atoms with E-state index in [9.17, 15) is 26.7 Å². The molecule has 0 aliphatic carbocycles. The fourth-order valence-electron chi connectivity index (χ4n) is 2.04. The maximum Gasteiger partial charge on any atom is 0.499 e. The van der Waals surface area contributed by atoms with Crippen molar-refractivity contribution in [3.8, 4) is 17.2 Å². The van der Waals surface area contributed by atoms with Gasteiger partial charge >= 0.3 is 17.9 Å². The molecular weight excluding hydrogens is 349 g/mol. The predicted octanol–water partition coefficient (Wildman–Crippen LogP) is 4.39. The summed E-state index contributed by atoms with van der Waals surface area (Å²) < 4.78 is 71.4. The summed E-state index contributed by atoms with van der Waals surface area (Å²) in [5.41, 5.74) is -0.411. The zero-order valence-electron chi connectivity index (χ0n) is 12.2. The number of hydrogen-bond donors (Lipinski definition) is 0. The van der Waals surface area contributed by atoms with Crippen LogP contribution in [0, 0.1) is 0 Å². The van der Waals surface area contributed by atoms with Crippen LogP contribution in [0.15, 0.2) is 57.7 Å². The first kappa shape index (κ1) is 16.9. The van der Waals surface area contributed by atoms with E-state index in [1.807, 2.05) is 0 Å². The summed E-state index contributed by atoms with van der Waals surface area (Å²) in [7, 11) is 0. The summed E-state index contributed by atoms with van der Waals surface area (Å²) in [6, 6.07) is 10.6. The minimum Gasteiger partial charge on any atom is -0.426 e. The number of alkyl halides is 5. The van der Waals surface area contributed by atoms with Crippen molar-refractivity contribution in [2.24, 2.45) is 0 Å². The highest BCUT2D eigenvalue weighted by Crippen LogP contribution is 2.37. The molecule has 3 rings (SSSR count). The Morgan fingerprint density at radius 1 is 0.960 bits per heavy atom. The zero-order valence-corrected chi connectivity index (χ0v) is 12.2. The Morgan fingerprint density at radius 3 is 2.40 bits per heavy atom. The van der Waals surface area contributed by atoms with Crippen LogP contribution >= 0.6 is 0 Å². The number of aromatic nitrogens is 1. The molecule has 0 fully saturated rings. The standard InChI is InChI=1S/C16H8F5NO3/c17-15(18,19)16(20,21)25-10-5-3-4-9(8-10)13-22-12-7-2-1-6-11(12)14(23)24-13/h1-8H. The van der Waals surface area contributed by atoms with Crippen LogP contribution < -0.4 is 10.4 Å². The third kappa shape index (κ3) is 3.30. The van der Waals surface area contributed by atoms with Crippen molar-refractivity contribution < 1.29 is 31.1 Å². The van der Waals surface area contributed by atoms with E-state index in [0.29, 0.717) is 5.52 Å². The first-order chi connectivity index (χ1) is 11.7. The van der Waals surface area contributed by atoms with Crippen LogP contribution in [-0.4, -0.2) is 17.3 Å². The lowest BCUT2D eigenvalue weighted by molar-refractivity contribution is -0.360. The molecule has 0 bridgehead atoms. The number of para-hydroxylation sites is 1. The first-order valence-electron chi connectivity index (χ1n) is 6.81. The van der Waals surface area contributed by atoms with Crippen molar-refractivity contribution in [2.45, 2.75) is 12.3 Å². The molecule has 2 aromatic carbocycles. The molecule has 0 radical (unpaired) electrons. The summed E-state index contributed by atoms with van der Waals surface area (Å²) in [5, 5.41) is 0.210. The molecular formula is C16H8F5NO3. The maximum absolute atomic E-state index is 13.0. The van der Waals surface area contributed by atoms with Gasteiger partial charge in [0.05, 0.1) is 10.9 Å². The Morgan fingerprint density at radius 2 is 1.68 bits per heavy atom. The highest BCUT2D eigenvalue weighted by atomic mass is 19.4. The van der Waals surface area contributed by atoms with Crippen LogP contribution in [0.2, 0.25) is 0 Å². The highest BCUT2D eigenvalue weighted by molar-refractivity contribution is 5.78. The van der Waals surface area contributed by atoms with Crippen molar-refractivity contribution in [3.63, 3.8) is 0 Å². The smallest absolute Gasteiger partial charge is 0.426 e. The van der Waals surface area contributed by atoms with Gasteiger partial charge in [-0.25, -0.2) is 9.78 Å². The van der Waals surface area contributed by atoms with Gasteiger partial charge in [0.2, 0.25) is 5.89 Å². The molecule has 0 unspecified atom stereocenters. The van der Waals surface area contributed by atoms with E-state index < -0.39 is 23.7 Å². The Bertz CT molecular complexity index is 981. The van der Waals surface area contributed by atoms with Gasteiger partial charge in [-0.3, -0.25) is 0 Å². The molecule has 0 atom stereocenters. The summed E-state index contributed by atoms with van der Waals surface area (Å²) >= 11 is 0. The average molecular weight is 357 g/mol. The van der Waals surface area contributed by atoms with Crippen molar-refractivity contribution in [2.75, 3.05) is 0 Å². The van der Waals surface area contributed by atoms with E-state index >= 15 is 0 Å². The molecule has 0 saturated carbocycles. The molecule has 0 spiro atoms. The van der Waals surface area contributed by atoms with E-state index in [2.05, 4.69) is 9.72 Å². The van der Waals surface area contributed by atoms with Gasteiger partial charge in [0, 0.05) is 5.56 Å². The van der Waals surface area contributed by atoms with E-state index in [-0.39, 0.29) is 16.8 Å². The minimum absolute atomic E-state index is 0.0123. The molecule has 9 heteroatoms. The number of rotatable bonds is 3. The van der Waals surface area contributed by atoms with Crippen LogP contribution in [0.25, 0.3) is 22.4 Å². The lowest BCUT2D eigenvalue weighted by Crippen LogP contribution is -2.41. The molecule has 0 amide bonds. The zero-order chi connectivity index (χ0) is 18.2. The van der Waals surface area contributed by atoms with Crippen molar-refractivity contribution in [1.82, 2.24) is 4.98 Å². The van der Waals surface area contributed by atoms with Gasteiger partial charge in [-0.05, 0) is 30.3 Å². The number of benzene rings is 2. The van der Waals surface area contributed by atoms with Gasteiger partial charge in [-0.2, -0.15) is 22.0 Å². The van der Waals surface area contributed by atoms with Gasteiger partial charge in [0.15, 0.2) is 0 Å². The summed E-state index contributed by atoms with van der Waals surface area (Å²) in [4.78, 5) is 16.0. The molecule has 25 heavy (non-hydrogen) atoms. The highest BCUT2D eigenvalue weighted by Gasteiger charge is 2.61. The molecule has 1 heterocycles. The van der Waals surface area contributed by atoms with Crippen molar-refractivity contribution in [1.29, 1.82) is 0 Å². The van der Waals surface area contributed by atoms with Crippen LogP contribution in [0.5, 0.6) is 5.75 Å². The third-order valence-corrected chi connectivity index (χ3v) is 3.19. The van der Waals surface area contributed by atoms with Gasteiger partial charge in [-0.1, -0.05) is 18.2 Å². The Kier molecular flexibility index (Phi) is 3.94. The van der Waals surface area contributed by atoms with Gasteiger partial charge in [0.25, 0.3) is 0 Å². The maximum atomic E-state index is 13.0. The van der Waals surface area contributed by atoms with Crippen molar-refractivity contribution in [3.05, 3.63) is 59.0 Å². The monoisotopic (exact) mass is 357 g/mol. The average Bonchev–Trinajstić information content (AvgIpc) is 2.53. The SMILES string of the molecule is O=c1oc(-c2cccc(OC(F)(F)C(F)(F)F)c2)nc2ccccc12. The summed E-state index contributed by atoms with van der Waals surface area (Å²) in [6.45, 7) is 0. The Hall–Kier alpha value is -2.97. The third-order valence-electron chi connectivity index (χ3n) is 3.19. The normalized spacial score (nSPS) is 12.4. The molecule has 0 saturated heterocycles. The second kappa shape index (κ2) is 5.83. The number of ether oxygens (including phenoxy) is 1. The van der Waals surface area contributed by atoms with Gasteiger partial charge in [-0.15, -0.1) is 0 Å². The van der Waals surface area contributed by atoms with Crippen LogP contribution in [0.3, 0.4) is 0 Å². The molecule has 0 aliphatic rings. The quantitative estimate of drug-likeness (QED) is 0.653. The largest absolute Gasteiger partial charge is 0.499 e. The second-order valence-corrected chi connectivity index (χ2v) is 4.97. The van der Waals surface area contributed by atoms with E-state index in [0.717, 1.165) is 12.1 Å². The van der Waals surface area contributed by atoms with E-state index in [1.54, 1.807) is 12.1 Å². The van der Waals surface area contributed by atoms with Gasteiger partial charge < -0.3 is 9.15 Å². The predicted molar refractivity (Wildman–Crippen MR) is 77.3 cm³/mol. The number of nitrogens with zero attached hydrogens (tertiary/aromatic N) is 1. The summed E-state index contributed by atoms with van der Waals surface area (Å²) in [6.07, 6.45) is -11.2. The lowest BCUT2D eigenvalue weighted by atomic mass is 10.2.